The van der Waals surface area contributed by atoms with Crippen LogP contribution in [0.4, 0.5) is 5.95 Å². The molecule has 104 valence electrons. The fourth-order valence-electron chi connectivity index (χ4n) is 1.96. The molecule has 0 bridgehead atoms. The van der Waals surface area contributed by atoms with Gasteiger partial charge in [-0.15, -0.1) is 15.3 Å². The van der Waals surface area contributed by atoms with Crippen molar-refractivity contribution < 1.29 is 4.74 Å². The average molecular weight is 263 g/mol. The summed E-state index contributed by atoms with van der Waals surface area (Å²) in [6.45, 7) is 8.42. The summed E-state index contributed by atoms with van der Waals surface area (Å²) < 4.78 is 7.51. The fourth-order valence-corrected chi connectivity index (χ4v) is 1.96. The summed E-state index contributed by atoms with van der Waals surface area (Å²) in [5.41, 5.74) is 7.42. The van der Waals surface area contributed by atoms with E-state index in [0.29, 0.717) is 17.4 Å². The summed E-state index contributed by atoms with van der Waals surface area (Å²) in [5, 5.41) is 12.3. The highest BCUT2D eigenvalue weighted by molar-refractivity contribution is 5.47. The Hall–Kier alpha value is -1.85. The molecule has 6 heteroatoms. The summed E-state index contributed by atoms with van der Waals surface area (Å²) in [4.78, 5) is 0. The van der Waals surface area contributed by atoms with E-state index in [4.69, 9.17) is 10.5 Å². The van der Waals surface area contributed by atoms with Gasteiger partial charge in [0.05, 0.1) is 6.10 Å². The number of rotatable bonds is 5. The molecule has 2 aromatic heterocycles. The molecule has 0 amide bonds. The first-order chi connectivity index (χ1) is 9.06. The number of nitrogens with zero attached hydrogens (tertiary/aromatic N) is 4. The molecule has 2 heterocycles. The van der Waals surface area contributed by atoms with Crippen molar-refractivity contribution in [3.8, 4) is 5.88 Å². The van der Waals surface area contributed by atoms with Crippen molar-refractivity contribution in [2.45, 2.75) is 52.6 Å². The van der Waals surface area contributed by atoms with Gasteiger partial charge >= 0.3 is 0 Å². The van der Waals surface area contributed by atoms with Gasteiger partial charge in [0.25, 0.3) is 0 Å². The Morgan fingerprint density at radius 1 is 1.26 bits per heavy atom. The lowest BCUT2D eigenvalue weighted by atomic mass is 10.1. The summed E-state index contributed by atoms with van der Waals surface area (Å²) in [5.74, 6) is 1.21. The molecule has 0 radical (unpaired) electrons. The van der Waals surface area contributed by atoms with Gasteiger partial charge in [-0.25, -0.2) is 0 Å². The topological polar surface area (TPSA) is 78.3 Å². The second kappa shape index (κ2) is 5.42. The normalized spacial score (nSPS) is 11.7. The van der Waals surface area contributed by atoms with Crippen molar-refractivity contribution in [1.29, 1.82) is 0 Å². The van der Waals surface area contributed by atoms with Gasteiger partial charge in [-0.05, 0) is 24.8 Å². The molecule has 0 saturated heterocycles. The fraction of sp³-hybridized carbons (Fsp3) is 0.615. The molecular formula is C13H21N5O. The monoisotopic (exact) mass is 263 g/mol. The minimum atomic E-state index is 0.167. The summed E-state index contributed by atoms with van der Waals surface area (Å²) in [6.07, 6.45) is 2.07. The van der Waals surface area contributed by atoms with Crippen molar-refractivity contribution in [1.82, 2.24) is 19.8 Å². The lowest BCUT2D eigenvalue weighted by Gasteiger charge is -2.18. The number of nitrogen functional groups attached to an aromatic ring is 1. The van der Waals surface area contributed by atoms with E-state index in [0.717, 1.165) is 18.4 Å². The predicted octanol–water partition coefficient (Wildman–Crippen LogP) is 2.40. The molecular weight excluding hydrogens is 242 g/mol. The van der Waals surface area contributed by atoms with Crippen LogP contribution in [0.25, 0.3) is 5.65 Å². The number of aromatic nitrogens is 4. The van der Waals surface area contributed by atoms with E-state index >= 15 is 0 Å². The number of ether oxygens (including phenoxy) is 1. The Balaban J connectivity index is 2.48. The van der Waals surface area contributed by atoms with Gasteiger partial charge in [0, 0.05) is 5.56 Å². The molecule has 0 fully saturated rings. The standard InChI is InChI=1S/C13H21N5O/c1-5-9(6-2)19-12-10(8(3)4)7-11-15-16-13(14)18(11)17-12/h7-9H,5-6H2,1-4H3,(H2,14,16). The van der Waals surface area contributed by atoms with Crippen LogP contribution in [0.3, 0.4) is 0 Å². The molecule has 2 aromatic rings. The zero-order valence-electron chi connectivity index (χ0n) is 11.9. The maximum absolute atomic E-state index is 5.99. The Labute approximate surface area is 113 Å². The number of anilines is 1. The van der Waals surface area contributed by atoms with E-state index in [2.05, 4.69) is 43.0 Å². The molecule has 0 aliphatic heterocycles. The van der Waals surface area contributed by atoms with Crippen LogP contribution >= 0.6 is 0 Å². The lowest BCUT2D eigenvalue weighted by molar-refractivity contribution is 0.180. The third kappa shape index (κ3) is 2.62. The van der Waals surface area contributed by atoms with Crippen LogP contribution < -0.4 is 10.5 Å². The average Bonchev–Trinajstić information content (AvgIpc) is 2.76. The third-order valence-electron chi connectivity index (χ3n) is 3.22. The number of fused-ring (bicyclic) bond motifs is 1. The minimum absolute atomic E-state index is 0.167. The van der Waals surface area contributed by atoms with E-state index in [9.17, 15) is 0 Å². The van der Waals surface area contributed by atoms with E-state index in [-0.39, 0.29) is 12.1 Å². The Morgan fingerprint density at radius 3 is 2.53 bits per heavy atom. The third-order valence-corrected chi connectivity index (χ3v) is 3.22. The van der Waals surface area contributed by atoms with Crippen molar-refractivity contribution in [2.75, 3.05) is 5.73 Å². The van der Waals surface area contributed by atoms with Crippen LogP contribution in [0.15, 0.2) is 6.07 Å². The van der Waals surface area contributed by atoms with E-state index in [1.807, 2.05) is 6.07 Å². The maximum atomic E-state index is 5.99. The van der Waals surface area contributed by atoms with Gasteiger partial charge in [0.15, 0.2) is 5.65 Å². The largest absolute Gasteiger partial charge is 0.473 e. The second-order valence-electron chi connectivity index (χ2n) is 4.94. The molecule has 19 heavy (non-hydrogen) atoms. The Kier molecular flexibility index (Phi) is 3.87. The van der Waals surface area contributed by atoms with Crippen LogP contribution in [-0.2, 0) is 0 Å². The van der Waals surface area contributed by atoms with E-state index in [1.165, 1.54) is 4.52 Å². The van der Waals surface area contributed by atoms with Crippen LogP contribution in [0.2, 0.25) is 0 Å². The first-order valence-electron chi connectivity index (χ1n) is 6.75. The van der Waals surface area contributed by atoms with Gasteiger partial charge in [-0.2, -0.15) is 4.52 Å². The number of hydrogen-bond acceptors (Lipinski definition) is 5. The molecule has 0 spiro atoms. The number of nitrogens with two attached hydrogens (primary N) is 1. The van der Waals surface area contributed by atoms with Gasteiger partial charge in [-0.1, -0.05) is 27.7 Å². The maximum Gasteiger partial charge on any atom is 0.243 e. The van der Waals surface area contributed by atoms with E-state index < -0.39 is 0 Å². The van der Waals surface area contributed by atoms with Gasteiger partial charge in [0.2, 0.25) is 11.8 Å². The zero-order chi connectivity index (χ0) is 14.0. The van der Waals surface area contributed by atoms with Crippen LogP contribution in [0, 0.1) is 0 Å². The first kappa shape index (κ1) is 13.6. The summed E-state index contributed by atoms with van der Waals surface area (Å²) in [6, 6.07) is 1.94. The molecule has 2 rings (SSSR count). The van der Waals surface area contributed by atoms with Crippen molar-refractivity contribution in [3.05, 3.63) is 11.6 Å². The summed E-state index contributed by atoms with van der Waals surface area (Å²) in [7, 11) is 0. The quantitative estimate of drug-likeness (QED) is 0.896. The zero-order valence-corrected chi connectivity index (χ0v) is 11.9. The molecule has 0 unspecified atom stereocenters. The molecule has 2 N–H and O–H groups in total. The van der Waals surface area contributed by atoms with Crippen molar-refractivity contribution in [2.24, 2.45) is 0 Å². The van der Waals surface area contributed by atoms with E-state index in [1.54, 1.807) is 0 Å². The van der Waals surface area contributed by atoms with Crippen LogP contribution in [0.5, 0.6) is 5.88 Å². The highest BCUT2D eigenvalue weighted by atomic mass is 16.5. The Morgan fingerprint density at radius 2 is 1.95 bits per heavy atom. The van der Waals surface area contributed by atoms with Crippen LogP contribution in [0.1, 0.15) is 52.0 Å². The summed E-state index contributed by atoms with van der Waals surface area (Å²) >= 11 is 0. The number of hydrogen-bond donors (Lipinski definition) is 1. The molecule has 6 nitrogen and oxygen atoms in total. The van der Waals surface area contributed by atoms with Gasteiger partial charge < -0.3 is 10.5 Å². The highest BCUT2D eigenvalue weighted by Crippen LogP contribution is 2.27. The molecule has 0 atom stereocenters. The highest BCUT2D eigenvalue weighted by Gasteiger charge is 2.17. The second-order valence-corrected chi connectivity index (χ2v) is 4.94. The SMILES string of the molecule is CCC(CC)Oc1nn2c(N)nnc2cc1C(C)C. The van der Waals surface area contributed by atoms with Crippen molar-refractivity contribution >= 4 is 11.6 Å². The Bertz CT molecular complexity index is 559. The molecule has 0 aromatic carbocycles. The lowest BCUT2D eigenvalue weighted by Crippen LogP contribution is -2.17. The van der Waals surface area contributed by atoms with Gasteiger partial charge in [0.1, 0.15) is 0 Å². The molecule has 0 aliphatic carbocycles. The predicted molar refractivity (Wildman–Crippen MR) is 74.3 cm³/mol. The molecule has 0 saturated carbocycles. The van der Waals surface area contributed by atoms with Gasteiger partial charge in [-0.3, -0.25) is 0 Å². The van der Waals surface area contributed by atoms with Crippen molar-refractivity contribution in [3.63, 3.8) is 0 Å². The smallest absolute Gasteiger partial charge is 0.243 e. The first-order valence-corrected chi connectivity index (χ1v) is 6.75. The van der Waals surface area contributed by atoms with Crippen LogP contribution in [-0.4, -0.2) is 25.9 Å². The minimum Gasteiger partial charge on any atom is -0.473 e. The molecule has 0 aliphatic rings.